The number of likely N-dealkylation sites (tertiary alicyclic amines) is 1. The average Bonchev–Trinajstić information content (AvgIpc) is 3.80. The van der Waals surface area contributed by atoms with Crippen molar-refractivity contribution in [1.82, 2.24) is 40.4 Å². The number of hydrogen-bond donors (Lipinski definition) is 3. The lowest BCUT2D eigenvalue weighted by molar-refractivity contribution is -0.140. The maximum absolute atomic E-state index is 13.7. The van der Waals surface area contributed by atoms with Gasteiger partial charge < -0.3 is 44.9 Å². The maximum Gasteiger partial charge on any atom is 0.409 e. The van der Waals surface area contributed by atoms with Crippen molar-refractivity contribution < 1.29 is 43.0 Å². The number of methoxy groups -OCH3 is 1. The first-order valence-electron chi connectivity index (χ1n) is 17.4. The van der Waals surface area contributed by atoms with Gasteiger partial charge >= 0.3 is 12.2 Å². The molecule has 3 fully saturated rings. The number of para-hydroxylation sites is 1. The first-order chi connectivity index (χ1) is 24.7. The van der Waals surface area contributed by atoms with E-state index in [4.69, 9.17) is 9.47 Å². The van der Waals surface area contributed by atoms with Crippen LogP contribution in [0.2, 0.25) is 0 Å². The van der Waals surface area contributed by atoms with Gasteiger partial charge in [0, 0.05) is 51.4 Å². The Labute approximate surface area is 295 Å². The van der Waals surface area contributed by atoms with Crippen molar-refractivity contribution in [2.24, 2.45) is 0 Å². The molecule has 6 amide bonds. The van der Waals surface area contributed by atoms with Crippen molar-refractivity contribution >= 4 is 35.8 Å². The molecule has 0 spiro atoms. The minimum atomic E-state index is -1.06. The molecule has 3 heterocycles. The summed E-state index contributed by atoms with van der Waals surface area (Å²) in [5.74, 6) is -1.48. The largest absolute Gasteiger partial charge is 0.467 e. The zero-order valence-corrected chi connectivity index (χ0v) is 29.0. The fourth-order valence-corrected chi connectivity index (χ4v) is 6.16. The lowest BCUT2D eigenvalue weighted by atomic mass is 9.93. The van der Waals surface area contributed by atoms with E-state index in [0.29, 0.717) is 25.1 Å². The lowest BCUT2D eigenvalue weighted by Gasteiger charge is -2.36. The van der Waals surface area contributed by atoms with Crippen LogP contribution in [0.5, 0.6) is 5.88 Å². The van der Waals surface area contributed by atoms with E-state index in [1.165, 1.54) is 27.7 Å². The van der Waals surface area contributed by atoms with Crippen LogP contribution in [0.3, 0.4) is 0 Å². The molecule has 2 aromatic rings. The number of piperazine rings is 1. The summed E-state index contributed by atoms with van der Waals surface area (Å²) in [6, 6.07) is 8.82. The molecule has 2 atom stereocenters. The Balaban J connectivity index is 1.28. The highest BCUT2D eigenvalue weighted by Crippen LogP contribution is 2.24. The van der Waals surface area contributed by atoms with Crippen LogP contribution in [0.4, 0.5) is 9.59 Å². The summed E-state index contributed by atoms with van der Waals surface area (Å²) in [6.07, 6.45) is 3.16. The molecular formula is C34H46N8O9. The van der Waals surface area contributed by atoms with Gasteiger partial charge in [-0.25, -0.2) is 14.3 Å². The molecule has 3 aliphatic rings. The van der Waals surface area contributed by atoms with Gasteiger partial charge in [0.2, 0.25) is 17.7 Å². The van der Waals surface area contributed by atoms with Gasteiger partial charge in [-0.2, -0.15) is 5.10 Å². The Bertz CT molecular complexity index is 1560. The number of aromatic nitrogens is 2. The predicted molar refractivity (Wildman–Crippen MR) is 181 cm³/mol. The van der Waals surface area contributed by atoms with E-state index in [9.17, 15) is 28.8 Å². The van der Waals surface area contributed by atoms with Crippen molar-refractivity contribution in [2.75, 3.05) is 59.6 Å². The minimum Gasteiger partial charge on any atom is -0.467 e. The number of benzene rings is 1. The normalized spacial score (nSPS) is 17.9. The molecule has 5 rings (SSSR count). The number of nitrogens with one attached hydrogen (secondary N) is 3. The van der Waals surface area contributed by atoms with E-state index >= 15 is 0 Å². The Morgan fingerprint density at radius 3 is 2.33 bits per heavy atom. The van der Waals surface area contributed by atoms with Gasteiger partial charge in [-0.15, -0.1) is 0 Å². The van der Waals surface area contributed by atoms with Gasteiger partial charge in [0.15, 0.2) is 12.3 Å². The Kier molecular flexibility index (Phi) is 12.7. The molecular weight excluding hydrogens is 664 g/mol. The highest BCUT2D eigenvalue weighted by molar-refractivity contribution is 5.96. The van der Waals surface area contributed by atoms with Crippen LogP contribution < -0.4 is 20.7 Å². The van der Waals surface area contributed by atoms with Crippen molar-refractivity contribution in [3.8, 4) is 11.6 Å². The molecule has 0 bridgehead atoms. The number of amides is 6. The molecule has 51 heavy (non-hydrogen) atoms. The number of ether oxygens (including phenoxy) is 3. The third kappa shape index (κ3) is 9.46. The molecule has 276 valence electrons. The second-order valence-corrected chi connectivity index (χ2v) is 12.5. The van der Waals surface area contributed by atoms with E-state index in [2.05, 4.69) is 25.8 Å². The number of alkyl carbamates (subject to hydrolysis) is 1. The second-order valence-electron chi connectivity index (χ2n) is 12.5. The van der Waals surface area contributed by atoms with E-state index in [0.717, 1.165) is 19.3 Å². The minimum absolute atomic E-state index is 0.0251. The molecule has 0 radical (unpaired) electrons. The van der Waals surface area contributed by atoms with Crippen LogP contribution >= 0.6 is 0 Å². The summed E-state index contributed by atoms with van der Waals surface area (Å²) < 4.78 is 17.0. The SMILES string of the molecule is CCOC(=O)N1CCN(C(=O)C(CCNC(=O)OC)NC(=O)c2cc(OCC(=O)N3CCCC3C(=O)NC3CCC3)n(-c3ccccc3)n2)CC1. The quantitative estimate of drug-likeness (QED) is 0.271. The van der Waals surface area contributed by atoms with Crippen LogP contribution in [0.15, 0.2) is 36.4 Å². The van der Waals surface area contributed by atoms with E-state index in [1.807, 2.05) is 6.07 Å². The van der Waals surface area contributed by atoms with Crippen LogP contribution in [0.1, 0.15) is 55.9 Å². The summed E-state index contributed by atoms with van der Waals surface area (Å²) in [5.41, 5.74) is 0.485. The van der Waals surface area contributed by atoms with Crippen LogP contribution in [0.25, 0.3) is 5.69 Å². The molecule has 1 aromatic carbocycles. The number of carbonyl (C=O) groups is 6. The molecule has 1 saturated carbocycles. The maximum atomic E-state index is 13.7. The van der Waals surface area contributed by atoms with Crippen LogP contribution in [-0.4, -0.2) is 138 Å². The highest BCUT2D eigenvalue weighted by Gasteiger charge is 2.36. The fraction of sp³-hybridized carbons (Fsp3) is 0.559. The second kappa shape index (κ2) is 17.5. The van der Waals surface area contributed by atoms with Crippen LogP contribution in [-0.2, 0) is 23.9 Å². The summed E-state index contributed by atoms with van der Waals surface area (Å²) in [7, 11) is 1.22. The van der Waals surface area contributed by atoms with E-state index < -0.39 is 36.1 Å². The average molecular weight is 711 g/mol. The molecule has 17 nitrogen and oxygen atoms in total. The van der Waals surface area contributed by atoms with Crippen molar-refractivity contribution in [3.05, 3.63) is 42.1 Å². The standard InChI is InChI=1S/C34H46N8O9/c1-3-50-34(48)40-19-17-39(18-20-40)32(46)25(14-15-35-33(47)49-2)37-30(44)26-21-29(42(38-26)24-11-5-4-6-12-24)51-22-28(43)41-16-8-13-27(41)31(45)36-23-9-7-10-23/h4-6,11-12,21,23,25,27H,3,7-10,13-20,22H2,1-2H3,(H,35,47)(H,36,45)(H,37,44). The number of nitrogens with zero attached hydrogens (tertiary/aromatic N) is 5. The molecule has 17 heteroatoms. The predicted octanol–water partition coefficient (Wildman–Crippen LogP) is 1.06. The van der Waals surface area contributed by atoms with Gasteiger partial charge in [0.1, 0.15) is 12.1 Å². The number of hydrogen-bond acceptors (Lipinski definition) is 10. The van der Waals surface area contributed by atoms with Crippen molar-refractivity contribution in [3.63, 3.8) is 0 Å². The lowest BCUT2D eigenvalue weighted by Crippen LogP contribution is -2.56. The highest BCUT2D eigenvalue weighted by atomic mass is 16.6. The Morgan fingerprint density at radius 2 is 1.67 bits per heavy atom. The van der Waals surface area contributed by atoms with Gasteiger partial charge in [0.05, 0.1) is 19.4 Å². The van der Waals surface area contributed by atoms with Gasteiger partial charge in [-0.05, 0) is 57.6 Å². The zero-order valence-electron chi connectivity index (χ0n) is 29.0. The van der Waals surface area contributed by atoms with E-state index in [1.54, 1.807) is 36.1 Å². The van der Waals surface area contributed by atoms with Crippen molar-refractivity contribution in [1.29, 1.82) is 0 Å². The number of carbonyl (C=O) groups excluding carboxylic acids is 6. The Morgan fingerprint density at radius 1 is 0.941 bits per heavy atom. The third-order valence-corrected chi connectivity index (χ3v) is 9.19. The first-order valence-corrected chi connectivity index (χ1v) is 17.4. The summed E-state index contributed by atoms with van der Waals surface area (Å²) in [4.78, 5) is 82.0. The number of rotatable bonds is 13. The topological polar surface area (TPSA) is 194 Å². The first kappa shape index (κ1) is 36.9. The third-order valence-electron chi connectivity index (χ3n) is 9.19. The smallest absolute Gasteiger partial charge is 0.409 e. The van der Waals surface area contributed by atoms with Gasteiger partial charge in [0.25, 0.3) is 11.8 Å². The van der Waals surface area contributed by atoms with Crippen LogP contribution in [0, 0.1) is 0 Å². The van der Waals surface area contributed by atoms with Gasteiger partial charge in [-0.1, -0.05) is 18.2 Å². The summed E-state index contributed by atoms with van der Waals surface area (Å²) in [5, 5.41) is 12.8. The molecule has 2 aliphatic heterocycles. The molecule has 2 unspecified atom stereocenters. The molecule has 1 aliphatic carbocycles. The summed E-state index contributed by atoms with van der Waals surface area (Å²) in [6.45, 7) is 3.00. The fourth-order valence-electron chi connectivity index (χ4n) is 6.16. The Hall–Kier alpha value is -5.35. The molecule has 3 N–H and O–H groups in total. The molecule has 1 aromatic heterocycles. The van der Waals surface area contributed by atoms with Crippen molar-refractivity contribution in [2.45, 2.75) is 63.6 Å². The monoisotopic (exact) mass is 710 g/mol. The summed E-state index contributed by atoms with van der Waals surface area (Å²) >= 11 is 0. The molecule has 2 saturated heterocycles. The van der Waals surface area contributed by atoms with E-state index in [-0.39, 0.29) is 81.8 Å². The van der Waals surface area contributed by atoms with Gasteiger partial charge in [-0.3, -0.25) is 19.2 Å². The zero-order chi connectivity index (χ0) is 36.3.